The minimum Gasteiger partial charge on any atom is -0.478 e. The Kier molecular flexibility index (Phi) is 10.3. The summed E-state index contributed by atoms with van der Waals surface area (Å²) >= 11 is 0. The largest absolute Gasteiger partial charge is 0.478 e. The van der Waals surface area contributed by atoms with Crippen molar-refractivity contribution in [3.05, 3.63) is 12.7 Å². The number of nitrogens with one attached hydrogen (secondary N) is 1. The minimum atomic E-state index is -1.10. The van der Waals surface area contributed by atoms with Gasteiger partial charge >= 0.3 is 12.1 Å². The van der Waals surface area contributed by atoms with Crippen molar-refractivity contribution in [1.29, 1.82) is 0 Å². The highest BCUT2D eigenvalue weighted by Crippen LogP contribution is 1.56. The summed E-state index contributed by atoms with van der Waals surface area (Å²) in [5, 5.41) is 25.4. The quantitative estimate of drug-likeness (QED) is 0.435. The average Bonchev–Trinajstić information content (AvgIpc) is 2.02. The molecular formula is C6H11NO5. The van der Waals surface area contributed by atoms with Crippen molar-refractivity contribution in [2.24, 2.45) is 0 Å². The second kappa shape index (κ2) is 9.44. The Labute approximate surface area is 69.1 Å². The first-order valence-electron chi connectivity index (χ1n) is 2.97. The van der Waals surface area contributed by atoms with Gasteiger partial charge in [0.2, 0.25) is 0 Å². The maximum atomic E-state index is 9.54. The van der Waals surface area contributed by atoms with E-state index < -0.39 is 12.1 Å². The first-order valence-corrected chi connectivity index (χ1v) is 2.97. The maximum Gasteiger partial charge on any atom is 0.404 e. The van der Waals surface area contributed by atoms with Crippen molar-refractivity contribution in [3.8, 4) is 0 Å². The van der Waals surface area contributed by atoms with Gasteiger partial charge in [0.1, 0.15) is 0 Å². The van der Waals surface area contributed by atoms with Gasteiger partial charge in [0.05, 0.1) is 6.61 Å². The van der Waals surface area contributed by atoms with Crippen LogP contribution in [-0.2, 0) is 4.79 Å². The van der Waals surface area contributed by atoms with E-state index in [0.29, 0.717) is 0 Å². The Morgan fingerprint density at radius 1 is 1.42 bits per heavy atom. The number of hydrogen-bond acceptors (Lipinski definition) is 3. The molecule has 0 aromatic heterocycles. The zero-order valence-corrected chi connectivity index (χ0v) is 6.36. The summed E-state index contributed by atoms with van der Waals surface area (Å²) in [5.41, 5.74) is 0. The van der Waals surface area contributed by atoms with Gasteiger partial charge in [0.25, 0.3) is 0 Å². The summed E-state index contributed by atoms with van der Waals surface area (Å²) in [6.07, 6.45) is -0.269. The Balaban J connectivity index is 0. The predicted octanol–water partition coefficient (Wildman–Crippen LogP) is -0.497. The molecule has 0 aromatic carbocycles. The fraction of sp³-hybridized carbons (Fsp3) is 0.333. The van der Waals surface area contributed by atoms with E-state index in [0.717, 1.165) is 6.08 Å². The van der Waals surface area contributed by atoms with Gasteiger partial charge in [-0.3, -0.25) is 0 Å². The van der Waals surface area contributed by atoms with Crippen LogP contribution in [0.1, 0.15) is 0 Å². The zero-order chi connectivity index (χ0) is 9.98. The number of carboxylic acids is 1. The van der Waals surface area contributed by atoms with E-state index in [9.17, 15) is 9.59 Å². The van der Waals surface area contributed by atoms with Crippen molar-refractivity contribution < 1.29 is 24.9 Å². The Bertz CT molecular complexity index is 156. The molecule has 0 spiro atoms. The molecule has 0 saturated heterocycles. The lowest BCUT2D eigenvalue weighted by molar-refractivity contribution is -0.131. The van der Waals surface area contributed by atoms with Gasteiger partial charge in [0.15, 0.2) is 0 Å². The van der Waals surface area contributed by atoms with Gasteiger partial charge in [-0.15, -0.1) is 0 Å². The van der Waals surface area contributed by atoms with E-state index in [-0.39, 0.29) is 13.2 Å². The molecule has 6 nitrogen and oxygen atoms in total. The van der Waals surface area contributed by atoms with Crippen LogP contribution in [-0.4, -0.2) is 40.5 Å². The van der Waals surface area contributed by atoms with Crippen molar-refractivity contribution in [1.82, 2.24) is 5.32 Å². The van der Waals surface area contributed by atoms with Crippen LogP contribution < -0.4 is 5.32 Å². The number of hydrogen-bond donors (Lipinski definition) is 4. The summed E-state index contributed by atoms with van der Waals surface area (Å²) < 4.78 is 0. The standard InChI is InChI=1S/C3H7NO3.C3H4O2/c5-2-1-4-3(6)7;1-2-3(4)5/h4-5H,1-2H2,(H,6,7);2H,1H2,(H,4,5). The monoisotopic (exact) mass is 177 g/mol. The first-order chi connectivity index (χ1) is 5.54. The third-order valence-corrected chi connectivity index (χ3v) is 0.563. The van der Waals surface area contributed by atoms with Gasteiger partial charge in [-0.2, -0.15) is 0 Å². The lowest BCUT2D eigenvalue weighted by Crippen LogP contribution is -2.23. The Morgan fingerprint density at radius 2 is 1.83 bits per heavy atom. The highest BCUT2D eigenvalue weighted by molar-refractivity contribution is 5.78. The summed E-state index contributed by atoms with van der Waals surface area (Å²) in [5.74, 6) is -0.981. The number of amides is 1. The van der Waals surface area contributed by atoms with Crippen LogP contribution in [0.25, 0.3) is 0 Å². The molecule has 70 valence electrons. The fourth-order valence-corrected chi connectivity index (χ4v) is 0.163. The molecule has 0 bridgehead atoms. The minimum absolute atomic E-state index is 0.106. The fourth-order valence-electron chi connectivity index (χ4n) is 0.163. The normalized spacial score (nSPS) is 7.42. The molecule has 0 aliphatic heterocycles. The van der Waals surface area contributed by atoms with Gasteiger partial charge in [-0.25, -0.2) is 9.59 Å². The Morgan fingerprint density at radius 3 is 1.92 bits per heavy atom. The van der Waals surface area contributed by atoms with Crippen LogP contribution in [0.2, 0.25) is 0 Å². The molecule has 6 heteroatoms. The smallest absolute Gasteiger partial charge is 0.404 e. The summed E-state index contributed by atoms with van der Waals surface area (Å²) in [7, 11) is 0. The molecular weight excluding hydrogens is 166 g/mol. The number of aliphatic hydroxyl groups is 1. The molecule has 0 rings (SSSR count). The van der Waals surface area contributed by atoms with Gasteiger partial charge in [-0.1, -0.05) is 6.58 Å². The van der Waals surface area contributed by atoms with Crippen LogP contribution in [0.3, 0.4) is 0 Å². The van der Waals surface area contributed by atoms with Crippen molar-refractivity contribution >= 4 is 12.1 Å². The molecule has 0 radical (unpaired) electrons. The van der Waals surface area contributed by atoms with E-state index in [2.05, 4.69) is 6.58 Å². The van der Waals surface area contributed by atoms with Crippen LogP contribution in [0, 0.1) is 0 Å². The van der Waals surface area contributed by atoms with Crippen molar-refractivity contribution in [2.75, 3.05) is 13.2 Å². The van der Waals surface area contributed by atoms with Crippen LogP contribution >= 0.6 is 0 Å². The number of aliphatic carboxylic acids is 1. The Hall–Kier alpha value is -1.56. The molecule has 12 heavy (non-hydrogen) atoms. The van der Waals surface area contributed by atoms with Gasteiger partial charge < -0.3 is 20.6 Å². The highest BCUT2D eigenvalue weighted by Gasteiger charge is 1.87. The number of carboxylic acid groups (broad SMARTS) is 2. The van der Waals surface area contributed by atoms with Gasteiger partial charge in [-0.05, 0) is 0 Å². The summed E-state index contributed by atoms with van der Waals surface area (Å²) in [6, 6.07) is 0. The molecule has 0 aliphatic carbocycles. The molecule has 0 fully saturated rings. The first kappa shape index (κ1) is 13.1. The van der Waals surface area contributed by atoms with Crippen molar-refractivity contribution in [2.45, 2.75) is 0 Å². The topological polar surface area (TPSA) is 107 Å². The van der Waals surface area contributed by atoms with E-state index in [4.69, 9.17) is 15.3 Å². The zero-order valence-electron chi connectivity index (χ0n) is 6.36. The van der Waals surface area contributed by atoms with E-state index >= 15 is 0 Å². The molecule has 0 atom stereocenters. The molecule has 0 unspecified atom stereocenters. The molecule has 0 saturated carbocycles. The third kappa shape index (κ3) is 23.7. The molecule has 0 heterocycles. The summed E-state index contributed by atoms with van der Waals surface area (Å²) in [4.78, 5) is 18.8. The van der Waals surface area contributed by atoms with E-state index in [1.165, 1.54) is 0 Å². The van der Waals surface area contributed by atoms with Crippen LogP contribution in [0.5, 0.6) is 0 Å². The molecule has 0 aromatic rings. The molecule has 1 amide bonds. The lowest BCUT2D eigenvalue weighted by Gasteiger charge is -1.91. The van der Waals surface area contributed by atoms with Crippen molar-refractivity contribution in [3.63, 3.8) is 0 Å². The second-order valence-corrected chi connectivity index (χ2v) is 1.50. The lowest BCUT2D eigenvalue weighted by atomic mass is 10.7. The number of carbonyl (C=O) groups is 2. The maximum absolute atomic E-state index is 9.54. The average molecular weight is 177 g/mol. The second-order valence-electron chi connectivity index (χ2n) is 1.50. The number of rotatable bonds is 3. The number of aliphatic hydroxyl groups excluding tert-OH is 1. The third-order valence-electron chi connectivity index (χ3n) is 0.563. The molecule has 0 aliphatic rings. The van der Waals surface area contributed by atoms with E-state index in [1.807, 2.05) is 5.32 Å². The van der Waals surface area contributed by atoms with Gasteiger partial charge in [0, 0.05) is 12.6 Å². The molecule has 4 N–H and O–H groups in total. The van der Waals surface area contributed by atoms with Crippen LogP contribution in [0.15, 0.2) is 12.7 Å². The summed E-state index contributed by atoms with van der Waals surface area (Å²) in [6.45, 7) is 2.92. The van der Waals surface area contributed by atoms with E-state index in [1.54, 1.807) is 0 Å². The van der Waals surface area contributed by atoms with Crippen LogP contribution in [0.4, 0.5) is 4.79 Å². The predicted molar refractivity (Wildman–Crippen MR) is 40.9 cm³/mol. The highest BCUT2D eigenvalue weighted by atomic mass is 16.4. The SMILES string of the molecule is C=CC(=O)O.O=C(O)NCCO.